The second kappa shape index (κ2) is 10.6. The predicted octanol–water partition coefficient (Wildman–Crippen LogP) is 4.75. The van der Waals surface area contributed by atoms with E-state index in [0.717, 1.165) is 12.1 Å². The molecule has 0 saturated carbocycles. The molecule has 0 spiro atoms. The maximum Gasteiger partial charge on any atom is 0.335 e. The first kappa shape index (κ1) is 25.5. The normalized spacial score (nSPS) is 14.5. The van der Waals surface area contributed by atoms with Gasteiger partial charge in [-0.15, -0.1) is 0 Å². The number of non-ortho nitro benzene ring substituents is 1. The third-order valence-electron chi connectivity index (χ3n) is 5.27. The van der Waals surface area contributed by atoms with E-state index in [-0.39, 0.29) is 29.3 Å². The zero-order valence-corrected chi connectivity index (χ0v) is 20.7. The number of nitro benzene ring substituents is 1. The Morgan fingerprint density at radius 2 is 1.84 bits per heavy atom. The zero-order valence-electron chi connectivity index (χ0n) is 19.1. The molecule has 1 aliphatic heterocycles. The molecule has 4 amide bonds. The van der Waals surface area contributed by atoms with Crippen molar-refractivity contribution in [2.24, 2.45) is 0 Å². The van der Waals surface area contributed by atoms with Gasteiger partial charge in [0, 0.05) is 16.6 Å². The number of halogens is 2. The molecular formula is C25H17BrFN3O7. The summed E-state index contributed by atoms with van der Waals surface area (Å²) < 4.78 is 25.3. The van der Waals surface area contributed by atoms with Crippen LogP contribution in [0.25, 0.3) is 6.08 Å². The van der Waals surface area contributed by atoms with Gasteiger partial charge in [-0.05, 0) is 47.5 Å². The fourth-order valence-corrected chi connectivity index (χ4v) is 3.95. The van der Waals surface area contributed by atoms with Crippen molar-refractivity contribution in [1.29, 1.82) is 0 Å². The van der Waals surface area contributed by atoms with Gasteiger partial charge in [-0.25, -0.2) is 14.1 Å². The summed E-state index contributed by atoms with van der Waals surface area (Å²) in [6, 6.07) is 12.9. The van der Waals surface area contributed by atoms with Crippen molar-refractivity contribution in [3.63, 3.8) is 0 Å². The molecule has 0 radical (unpaired) electrons. The van der Waals surface area contributed by atoms with E-state index in [1.807, 2.05) is 0 Å². The van der Waals surface area contributed by atoms with Crippen LogP contribution in [0, 0.1) is 15.9 Å². The Morgan fingerprint density at radius 1 is 1.08 bits per heavy atom. The summed E-state index contributed by atoms with van der Waals surface area (Å²) in [4.78, 5) is 49.0. The van der Waals surface area contributed by atoms with E-state index in [2.05, 4.69) is 21.2 Å². The summed E-state index contributed by atoms with van der Waals surface area (Å²) in [6.07, 6.45) is 1.26. The quantitative estimate of drug-likeness (QED) is 0.188. The van der Waals surface area contributed by atoms with Crippen molar-refractivity contribution in [1.82, 2.24) is 5.32 Å². The van der Waals surface area contributed by atoms with Crippen LogP contribution in [0.3, 0.4) is 0 Å². The molecule has 10 nitrogen and oxygen atoms in total. The number of carbonyl (C=O) groups excluding carboxylic acids is 3. The molecule has 0 aliphatic carbocycles. The van der Waals surface area contributed by atoms with Crippen LogP contribution in [0.15, 0.2) is 70.7 Å². The molecule has 1 N–H and O–H groups in total. The average Bonchev–Trinajstić information content (AvgIpc) is 2.86. The second-order valence-corrected chi connectivity index (χ2v) is 8.53. The lowest BCUT2D eigenvalue weighted by Gasteiger charge is -2.26. The highest BCUT2D eigenvalue weighted by atomic mass is 79.9. The number of imide groups is 2. The molecule has 3 aromatic rings. The van der Waals surface area contributed by atoms with Gasteiger partial charge in [0.1, 0.15) is 18.0 Å². The Labute approximate surface area is 217 Å². The minimum absolute atomic E-state index is 0.0104. The molecule has 188 valence electrons. The number of rotatable bonds is 7. The van der Waals surface area contributed by atoms with Gasteiger partial charge in [-0.1, -0.05) is 34.1 Å². The van der Waals surface area contributed by atoms with Crippen LogP contribution in [-0.2, 0) is 16.2 Å². The fourth-order valence-electron chi connectivity index (χ4n) is 3.52. The van der Waals surface area contributed by atoms with Crippen LogP contribution in [0.5, 0.6) is 11.5 Å². The van der Waals surface area contributed by atoms with Gasteiger partial charge in [0.25, 0.3) is 17.5 Å². The topological polar surface area (TPSA) is 128 Å². The maximum absolute atomic E-state index is 13.7. The SMILES string of the molecule is COc1cc(/C=C2\C(=O)NC(=O)N(c3cccc(F)c3)C2=O)c(Br)cc1OCc1cccc([N+](=O)[O-])c1. The van der Waals surface area contributed by atoms with E-state index < -0.39 is 28.6 Å². The Kier molecular flexibility index (Phi) is 7.30. The minimum atomic E-state index is -1.00. The molecule has 0 bridgehead atoms. The van der Waals surface area contributed by atoms with E-state index in [4.69, 9.17) is 9.47 Å². The highest BCUT2D eigenvalue weighted by Gasteiger charge is 2.37. The summed E-state index contributed by atoms with van der Waals surface area (Å²) in [5, 5.41) is 13.1. The molecule has 4 rings (SSSR count). The summed E-state index contributed by atoms with van der Waals surface area (Å²) in [7, 11) is 1.39. The predicted molar refractivity (Wildman–Crippen MR) is 134 cm³/mol. The molecule has 12 heteroatoms. The van der Waals surface area contributed by atoms with Crippen LogP contribution in [0.2, 0.25) is 0 Å². The van der Waals surface area contributed by atoms with E-state index in [9.17, 15) is 28.9 Å². The second-order valence-electron chi connectivity index (χ2n) is 7.68. The van der Waals surface area contributed by atoms with Gasteiger partial charge < -0.3 is 9.47 Å². The first-order chi connectivity index (χ1) is 17.7. The lowest BCUT2D eigenvalue weighted by atomic mass is 10.1. The highest BCUT2D eigenvalue weighted by Crippen LogP contribution is 2.36. The molecule has 37 heavy (non-hydrogen) atoms. The third-order valence-corrected chi connectivity index (χ3v) is 5.95. The standard InChI is InChI=1S/C25H17BrFN3O7/c1-36-21-10-15(20(26)12-22(21)37-13-14-4-2-7-18(8-14)30(34)35)9-19-23(31)28-25(33)29(24(19)32)17-6-3-5-16(27)11-17/h2-12H,13H2,1H3,(H,28,31,33)/b19-9+. The van der Waals surface area contributed by atoms with Crippen molar-refractivity contribution >= 4 is 51.2 Å². The number of amides is 4. The van der Waals surface area contributed by atoms with Crippen LogP contribution in [-0.4, -0.2) is 29.9 Å². The molecule has 3 aromatic carbocycles. The largest absolute Gasteiger partial charge is 0.493 e. The number of anilines is 1. The zero-order chi connectivity index (χ0) is 26.7. The first-order valence-corrected chi connectivity index (χ1v) is 11.4. The van der Waals surface area contributed by atoms with Crippen LogP contribution in [0.4, 0.5) is 20.6 Å². The first-order valence-electron chi connectivity index (χ1n) is 10.6. The number of methoxy groups -OCH3 is 1. The monoisotopic (exact) mass is 569 g/mol. The number of urea groups is 1. The number of nitrogens with zero attached hydrogens (tertiary/aromatic N) is 2. The van der Waals surface area contributed by atoms with Crippen molar-refractivity contribution in [3.8, 4) is 11.5 Å². The van der Waals surface area contributed by atoms with Crippen LogP contribution < -0.4 is 19.7 Å². The van der Waals surface area contributed by atoms with Crippen molar-refractivity contribution in [2.45, 2.75) is 6.61 Å². The van der Waals surface area contributed by atoms with Gasteiger partial charge >= 0.3 is 6.03 Å². The van der Waals surface area contributed by atoms with Crippen molar-refractivity contribution in [3.05, 3.63) is 97.8 Å². The maximum atomic E-state index is 13.7. The Morgan fingerprint density at radius 3 is 2.54 bits per heavy atom. The summed E-state index contributed by atoms with van der Waals surface area (Å²) >= 11 is 3.37. The summed E-state index contributed by atoms with van der Waals surface area (Å²) in [5.41, 5.74) is 0.438. The lowest BCUT2D eigenvalue weighted by Crippen LogP contribution is -2.54. The highest BCUT2D eigenvalue weighted by molar-refractivity contribution is 9.10. The number of ether oxygens (including phenoxy) is 2. The van der Waals surface area contributed by atoms with E-state index in [1.54, 1.807) is 18.2 Å². The average molecular weight is 570 g/mol. The number of hydrogen-bond donors (Lipinski definition) is 1. The van der Waals surface area contributed by atoms with Gasteiger partial charge in [0.15, 0.2) is 11.5 Å². The van der Waals surface area contributed by atoms with Gasteiger partial charge in [0.05, 0.1) is 17.7 Å². The molecule has 1 aliphatic rings. The van der Waals surface area contributed by atoms with Gasteiger partial charge in [-0.3, -0.25) is 25.0 Å². The Balaban J connectivity index is 1.63. The Bertz CT molecular complexity index is 1470. The molecule has 1 heterocycles. The van der Waals surface area contributed by atoms with Crippen LogP contribution in [0.1, 0.15) is 11.1 Å². The molecule has 0 unspecified atom stereocenters. The molecule has 0 aromatic heterocycles. The number of benzene rings is 3. The number of nitrogens with one attached hydrogen (secondary N) is 1. The number of nitro groups is 1. The third kappa shape index (κ3) is 5.48. The van der Waals surface area contributed by atoms with Gasteiger partial charge in [0.2, 0.25) is 0 Å². The Hall–Kier alpha value is -4.58. The lowest BCUT2D eigenvalue weighted by molar-refractivity contribution is -0.384. The van der Waals surface area contributed by atoms with Crippen molar-refractivity contribution < 1.29 is 33.2 Å². The number of hydrogen-bond acceptors (Lipinski definition) is 7. The smallest absolute Gasteiger partial charge is 0.335 e. The van der Waals surface area contributed by atoms with Crippen molar-refractivity contribution in [2.75, 3.05) is 12.0 Å². The van der Waals surface area contributed by atoms with Gasteiger partial charge in [-0.2, -0.15) is 0 Å². The van der Waals surface area contributed by atoms with E-state index in [0.29, 0.717) is 26.2 Å². The molecule has 1 saturated heterocycles. The number of carbonyl (C=O) groups is 3. The number of barbiturate groups is 1. The van der Waals surface area contributed by atoms with Crippen LogP contribution >= 0.6 is 15.9 Å². The van der Waals surface area contributed by atoms with E-state index >= 15 is 0 Å². The molecular weight excluding hydrogens is 553 g/mol. The molecule has 1 fully saturated rings. The minimum Gasteiger partial charge on any atom is -0.493 e. The summed E-state index contributed by atoms with van der Waals surface area (Å²) in [6.45, 7) is 0.0104. The molecule has 0 atom stereocenters. The fraction of sp³-hybridized carbons (Fsp3) is 0.0800. The van der Waals surface area contributed by atoms with E-state index in [1.165, 1.54) is 43.5 Å². The summed E-state index contributed by atoms with van der Waals surface area (Å²) in [5.74, 6) is -1.97.